The Morgan fingerprint density at radius 1 is 1.48 bits per heavy atom. The van der Waals surface area contributed by atoms with Crippen LogP contribution >= 0.6 is 15.9 Å². The van der Waals surface area contributed by atoms with Gasteiger partial charge in [0.25, 0.3) is 0 Å². The summed E-state index contributed by atoms with van der Waals surface area (Å²) in [6, 6.07) is 5.13. The number of nitrogens with one attached hydrogen (secondary N) is 2. The molecule has 2 aromatic rings. The number of nitrogen functional groups attached to an aromatic ring is 1. The summed E-state index contributed by atoms with van der Waals surface area (Å²) in [5, 5.41) is 13.8. The van der Waals surface area contributed by atoms with Crippen molar-refractivity contribution in [3.8, 4) is 5.75 Å². The molecule has 9 nitrogen and oxygen atoms in total. The van der Waals surface area contributed by atoms with E-state index in [1.165, 1.54) is 7.11 Å². The molecule has 1 heterocycles. The predicted molar refractivity (Wildman–Crippen MR) is 80.5 cm³/mol. The van der Waals surface area contributed by atoms with Crippen LogP contribution in [0.4, 0.5) is 23.1 Å². The fraction of sp³-hybridized carbons (Fsp3) is 0.0909. The zero-order valence-electron chi connectivity index (χ0n) is 10.8. The minimum absolute atomic E-state index is 0.0207. The van der Waals surface area contributed by atoms with Crippen molar-refractivity contribution in [3.05, 3.63) is 39.0 Å². The molecule has 110 valence electrons. The molecule has 0 atom stereocenters. The number of nitro groups is 1. The van der Waals surface area contributed by atoms with Crippen LogP contribution in [0, 0.1) is 10.1 Å². The third-order valence-electron chi connectivity index (χ3n) is 2.51. The summed E-state index contributed by atoms with van der Waals surface area (Å²) in [5.74, 6) is 5.87. The monoisotopic (exact) mass is 354 g/mol. The van der Waals surface area contributed by atoms with Crippen LogP contribution in [0.5, 0.6) is 5.75 Å². The molecule has 0 bridgehead atoms. The van der Waals surface area contributed by atoms with Gasteiger partial charge >= 0.3 is 5.69 Å². The normalized spacial score (nSPS) is 10.0. The number of anilines is 3. The number of nitrogens with two attached hydrogens (primary N) is 1. The molecule has 0 radical (unpaired) electrons. The summed E-state index contributed by atoms with van der Waals surface area (Å²) in [4.78, 5) is 18.0. The first-order chi connectivity index (χ1) is 10.0. The van der Waals surface area contributed by atoms with E-state index in [1.54, 1.807) is 18.2 Å². The molecule has 0 saturated heterocycles. The van der Waals surface area contributed by atoms with Crippen molar-refractivity contribution in [1.82, 2.24) is 9.97 Å². The topological polar surface area (TPSA) is 128 Å². The highest BCUT2D eigenvalue weighted by Gasteiger charge is 2.17. The molecule has 10 heteroatoms. The number of ether oxygens (including phenoxy) is 1. The van der Waals surface area contributed by atoms with Gasteiger partial charge in [-0.1, -0.05) is 0 Å². The molecule has 0 spiro atoms. The number of benzene rings is 1. The maximum absolute atomic E-state index is 11.0. The van der Waals surface area contributed by atoms with Crippen LogP contribution in [0.1, 0.15) is 0 Å². The number of halogens is 1. The summed E-state index contributed by atoms with van der Waals surface area (Å²) >= 11 is 3.32. The van der Waals surface area contributed by atoms with Gasteiger partial charge in [0.2, 0.25) is 11.8 Å². The van der Waals surface area contributed by atoms with Gasteiger partial charge in [0, 0.05) is 11.8 Å². The van der Waals surface area contributed by atoms with Crippen LogP contribution in [0.25, 0.3) is 0 Å². The molecule has 0 saturated carbocycles. The van der Waals surface area contributed by atoms with Gasteiger partial charge in [-0.15, -0.1) is 0 Å². The lowest BCUT2D eigenvalue weighted by atomic mass is 10.3. The van der Waals surface area contributed by atoms with Crippen molar-refractivity contribution in [2.24, 2.45) is 5.84 Å². The van der Waals surface area contributed by atoms with Gasteiger partial charge in [-0.3, -0.25) is 15.5 Å². The quantitative estimate of drug-likeness (QED) is 0.423. The predicted octanol–water partition coefficient (Wildman–Crippen LogP) is 2.19. The van der Waals surface area contributed by atoms with Crippen molar-refractivity contribution in [3.63, 3.8) is 0 Å². The number of hydrogen-bond acceptors (Lipinski definition) is 8. The summed E-state index contributed by atoms with van der Waals surface area (Å²) in [6.07, 6.45) is 1.07. The Morgan fingerprint density at radius 2 is 2.24 bits per heavy atom. The van der Waals surface area contributed by atoms with Crippen molar-refractivity contribution >= 4 is 39.1 Å². The third kappa shape index (κ3) is 3.35. The third-order valence-corrected chi connectivity index (χ3v) is 3.16. The molecule has 0 amide bonds. The molecule has 0 fully saturated rings. The second-order valence-corrected chi connectivity index (χ2v) is 4.66. The highest BCUT2D eigenvalue weighted by atomic mass is 79.9. The minimum Gasteiger partial charge on any atom is -0.495 e. The molecule has 4 N–H and O–H groups in total. The van der Waals surface area contributed by atoms with Gasteiger partial charge in [-0.2, -0.15) is 4.98 Å². The van der Waals surface area contributed by atoms with E-state index in [2.05, 4.69) is 36.6 Å². The van der Waals surface area contributed by atoms with E-state index in [4.69, 9.17) is 10.6 Å². The smallest absolute Gasteiger partial charge is 0.329 e. The molecule has 1 aromatic carbocycles. The van der Waals surface area contributed by atoms with Gasteiger partial charge in [0.05, 0.1) is 16.5 Å². The maximum Gasteiger partial charge on any atom is 0.329 e. The molecule has 0 unspecified atom stereocenters. The van der Waals surface area contributed by atoms with Crippen LogP contribution < -0.4 is 21.3 Å². The SMILES string of the molecule is COc1cc(Nc2nc(NN)ncc2[N+](=O)[O-])ccc1Br. The largest absolute Gasteiger partial charge is 0.495 e. The highest BCUT2D eigenvalue weighted by Crippen LogP contribution is 2.31. The molecule has 0 aliphatic rings. The lowest BCUT2D eigenvalue weighted by Crippen LogP contribution is -2.12. The summed E-state index contributed by atoms with van der Waals surface area (Å²) in [7, 11) is 1.52. The van der Waals surface area contributed by atoms with Crippen molar-refractivity contribution < 1.29 is 9.66 Å². The molecular weight excluding hydrogens is 344 g/mol. The van der Waals surface area contributed by atoms with E-state index in [0.717, 1.165) is 10.7 Å². The van der Waals surface area contributed by atoms with Gasteiger partial charge in [-0.05, 0) is 28.1 Å². The Hall–Kier alpha value is -2.46. The van der Waals surface area contributed by atoms with Crippen LogP contribution in [0.15, 0.2) is 28.9 Å². The number of methoxy groups -OCH3 is 1. The zero-order valence-corrected chi connectivity index (χ0v) is 12.4. The van der Waals surface area contributed by atoms with Gasteiger partial charge in [-0.25, -0.2) is 10.8 Å². The zero-order chi connectivity index (χ0) is 15.4. The van der Waals surface area contributed by atoms with Crippen LogP contribution in [-0.4, -0.2) is 22.0 Å². The number of rotatable bonds is 5. The first kappa shape index (κ1) is 14.9. The van der Waals surface area contributed by atoms with E-state index < -0.39 is 4.92 Å². The Labute approximate surface area is 127 Å². The summed E-state index contributed by atoms with van der Waals surface area (Å²) in [5.41, 5.74) is 2.54. The molecular formula is C11H11BrN6O3. The van der Waals surface area contributed by atoms with Gasteiger partial charge in [0.15, 0.2) is 0 Å². The minimum atomic E-state index is -0.585. The Morgan fingerprint density at radius 3 is 2.86 bits per heavy atom. The number of hydrazine groups is 1. The van der Waals surface area contributed by atoms with E-state index in [0.29, 0.717) is 11.4 Å². The molecule has 0 aliphatic heterocycles. The van der Waals surface area contributed by atoms with Crippen molar-refractivity contribution in [2.45, 2.75) is 0 Å². The second-order valence-electron chi connectivity index (χ2n) is 3.80. The Balaban J connectivity index is 2.40. The Bertz CT molecular complexity index is 681. The van der Waals surface area contributed by atoms with Crippen molar-refractivity contribution in [2.75, 3.05) is 17.9 Å². The Kier molecular flexibility index (Phi) is 4.50. The molecule has 0 aliphatic carbocycles. The molecule has 2 rings (SSSR count). The average Bonchev–Trinajstić information content (AvgIpc) is 2.48. The fourth-order valence-corrected chi connectivity index (χ4v) is 1.95. The number of nitrogens with zero attached hydrogens (tertiary/aromatic N) is 3. The van der Waals surface area contributed by atoms with E-state index in [-0.39, 0.29) is 17.5 Å². The van der Waals surface area contributed by atoms with E-state index >= 15 is 0 Å². The van der Waals surface area contributed by atoms with Gasteiger partial charge < -0.3 is 10.1 Å². The molecule has 21 heavy (non-hydrogen) atoms. The highest BCUT2D eigenvalue weighted by molar-refractivity contribution is 9.10. The second kappa shape index (κ2) is 6.33. The van der Waals surface area contributed by atoms with E-state index in [9.17, 15) is 10.1 Å². The van der Waals surface area contributed by atoms with Crippen LogP contribution in [0.2, 0.25) is 0 Å². The first-order valence-corrected chi connectivity index (χ1v) is 6.43. The summed E-state index contributed by atoms with van der Waals surface area (Å²) in [6.45, 7) is 0. The lowest BCUT2D eigenvalue weighted by molar-refractivity contribution is -0.384. The fourth-order valence-electron chi connectivity index (χ4n) is 1.54. The summed E-state index contributed by atoms with van der Waals surface area (Å²) < 4.78 is 5.92. The van der Waals surface area contributed by atoms with Crippen molar-refractivity contribution in [1.29, 1.82) is 0 Å². The standard InChI is InChI=1S/C11H11BrN6O3/c1-21-9-4-6(2-3-7(9)12)15-10-8(18(19)20)5-14-11(16-10)17-13/h2-5H,13H2,1H3,(H2,14,15,16,17). The first-order valence-electron chi connectivity index (χ1n) is 5.63. The number of aromatic nitrogens is 2. The number of hydrogen-bond donors (Lipinski definition) is 3. The van der Waals surface area contributed by atoms with E-state index in [1.807, 2.05) is 0 Å². The van der Waals surface area contributed by atoms with Gasteiger partial charge in [0.1, 0.15) is 11.9 Å². The lowest BCUT2D eigenvalue weighted by Gasteiger charge is -2.09. The van der Waals surface area contributed by atoms with Crippen LogP contribution in [0.3, 0.4) is 0 Å². The average molecular weight is 355 g/mol. The maximum atomic E-state index is 11.0. The van der Waals surface area contributed by atoms with Crippen LogP contribution in [-0.2, 0) is 0 Å². The molecule has 1 aromatic heterocycles.